The van der Waals surface area contributed by atoms with Crippen LogP contribution >= 0.6 is 11.3 Å². The predicted molar refractivity (Wildman–Crippen MR) is 73.8 cm³/mol. The summed E-state index contributed by atoms with van der Waals surface area (Å²) in [6, 6.07) is 0. The third kappa shape index (κ3) is 2.68. The van der Waals surface area contributed by atoms with Crippen LogP contribution in [0.5, 0.6) is 0 Å². The Bertz CT molecular complexity index is 674. The minimum Gasteiger partial charge on any atom is -0.461 e. The molecule has 0 radical (unpaired) electrons. The molecule has 1 aromatic rings. The summed E-state index contributed by atoms with van der Waals surface area (Å²) in [4.78, 5) is 15.7. The maximum absolute atomic E-state index is 12.0. The number of nitrogens with zero attached hydrogens (tertiary/aromatic N) is 1. The van der Waals surface area contributed by atoms with Gasteiger partial charge in [0.1, 0.15) is 0 Å². The van der Waals surface area contributed by atoms with E-state index >= 15 is 0 Å². The zero-order valence-corrected chi connectivity index (χ0v) is 11.9. The lowest BCUT2D eigenvalue weighted by molar-refractivity contribution is 0.00578. The fraction of sp³-hybridized carbons (Fsp3) is 0.667. The molecule has 1 saturated heterocycles. The fourth-order valence-electron chi connectivity index (χ4n) is 1.48. The molecule has 2 rings (SSSR count). The largest absolute Gasteiger partial charge is 0.507 e. The van der Waals surface area contributed by atoms with Crippen molar-refractivity contribution in [3.63, 3.8) is 0 Å². The van der Waals surface area contributed by atoms with Gasteiger partial charge in [-0.05, 0) is 34.5 Å². The molecule has 0 atom stereocenters. The van der Waals surface area contributed by atoms with Gasteiger partial charge in [0, 0.05) is 10.3 Å². The van der Waals surface area contributed by atoms with Crippen LogP contribution in [-0.2, 0) is 14.0 Å². The molecule has 1 aliphatic rings. The first-order chi connectivity index (χ1) is 11.1. The highest BCUT2D eigenvalue weighted by Gasteiger charge is 2.52. The first-order valence-electron chi connectivity index (χ1n) is 8.64. The van der Waals surface area contributed by atoms with Gasteiger partial charge in [-0.3, -0.25) is 0 Å². The van der Waals surface area contributed by atoms with Gasteiger partial charge in [-0.15, -0.1) is 11.3 Å². The summed E-state index contributed by atoms with van der Waals surface area (Å²) in [6.45, 7) is 1.02. The first-order valence-corrected chi connectivity index (χ1v) is 6.45. The van der Waals surface area contributed by atoms with E-state index in [2.05, 4.69) is 9.72 Å². The Kier molecular flexibility index (Phi) is 2.16. The van der Waals surface area contributed by atoms with Gasteiger partial charge < -0.3 is 14.0 Å². The normalized spacial score (nSPS) is 26.6. The van der Waals surface area contributed by atoms with Gasteiger partial charge in [0.25, 0.3) is 0 Å². The number of hydrogen-bond acceptors (Lipinski definition) is 6. The molecule has 104 valence electrons. The van der Waals surface area contributed by atoms with E-state index < -0.39 is 37.7 Å². The highest BCUT2D eigenvalue weighted by atomic mass is 32.1. The van der Waals surface area contributed by atoms with Crippen molar-refractivity contribution >= 4 is 29.2 Å². The van der Waals surface area contributed by atoms with Crippen LogP contribution in [0.15, 0.2) is 6.17 Å². The Morgan fingerprint density at radius 1 is 1.58 bits per heavy atom. The molecule has 2 heterocycles. The van der Waals surface area contributed by atoms with Crippen molar-refractivity contribution in [3.05, 3.63) is 11.2 Å². The standard InChI is InChI=1S/C12H18BNO4S/c1-6-16-10(15)9-14-7-8(19-9)13-17-11(2,3)12(4,5)18-13/h7H,6H2,1-5H3/i1D3,6D2,7D. The second kappa shape index (κ2) is 4.88. The zero-order chi connectivity index (χ0) is 19.4. The number of thiazole rings is 1. The van der Waals surface area contributed by atoms with Crippen LogP contribution < -0.4 is 4.78 Å². The molecule has 0 saturated carbocycles. The Morgan fingerprint density at radius 2 is 2.21 bits per heavy atom. The molecular formula is C12H18BNO4S. The lowest BCUT2D eigenvalue weighted by Crippen LogP contribution is -2.41. The quantitative estimate of drug-likeness (QED) is 0.625. The van der Waals surface area contributed by atoms with Crippen LogP contribution in [0.3, 0.4) is 0 Å². The Balaban J connectivity index is 2.23. The number of carbonyl (C=O) groups is 1. The summed E-state index contributed by atoms with van der Waals surface area (Å²) < 4.78 is 59.9. The molecule has 19 heavy (non-hydrogen) atoms. The average Bonchev–Trinajstić information content (AvgIpc) is 2.86. The molecule has 1 aliphatic heterocycles. The molecule has 0 spiro atoms. The van der Waals surface area contributed by atoms with E-state index in [1.54, 1.807) is 0 Å². The van der Waals surface area contributed by atoms with E-state index in [-0.39, 0.29) is 16.0 Å². The van der Waals surface area contributed by atoms with Gasteiger partial charge in [-0.1, -0.05) is 0 Å². The SMILES string of the molecule is [2H]c1nc(C(=O)OC([2H])([2H])C([2H])([2H])[2H])sc1B1OC(C)(C)C(C)(C)O1. The van der Waals surface area contributed by atoms with Crippen LogP contribution in [0.25, 0.3) is 0 Å². The second-order valence-corrected chi connectivity index (χ2v) is 6.11. The molecule has 1 fully saturated rings. The first kappa shape index (κ1) is 8.39. The molecule has 0 N–H and O–H groups in total. The number of rotatable bonds is 3. The lowest BCUT2D eigenvalue weighted by Gasteiger charge is -2.32. The van der Waals surface area contributed by atoms with Crippen molar-refractivity contribution in [2.45, 2.75) is 45.7 Å². The monoisotopic (exact) mass is 289 g/mol. The molecule has 0 aliphatic carbocycles. The number of ether oxygens (including phenoxy) is 1. The maximum atomic E-state index is 12.0. The molecule has 0 bridgehead atoms. The van der Waals surface area contributed by atoms with E-state index in [1.807, 2.05) is 27.7 Å². The molecule has 0 amide bonds. The summed E-state index contributed by atoms with van der Waals surface area (Å²) in [5, 5.41) is -0.345. The highest BCUT2D eigenvalue weighted by molar-refractivity contribution is 7.23. The van der Waals surface area contributed by atoms with Gasteiger partial charge >= 0.3 is 13.1 Å². The summed E-state index contributed by atoms with van der Waals surface area (Å²) in [7, 11) is -0.907. The van der Waals surface area contributed by atoms with E-state index in [0.29, 0.717) is 0 Å². The van der Waals surface area contributed by atoms with Gasteiger partial charge in [0.05, 0.1) is 26.6 Å². The maximum Gasteiger partial charge on any atom is 0.507 e. The minimum absolute atomic E-state index is 0.222. The van der Waals surface area contributed by atoms with Crippen molar-refractivity contribution in [2.75, 3.05) is 6.56 Å². The molecule has 0 aromatic carbocycles. The third-order valence-corrected chi connectivity index (χ3v) is 4.21. The summed E-state index contributed by atoms with van der Waals surface area (Å²) >= 11 is 0.744. The van der Waals surface area contributed by atoms with Gasteiger partial charge in [0.2, 0.25) is 5.01 Å². The number of carbonyl (C=O) groups excluding carboxylic acids is 1. The van der Waals surface area contributed by atoms with E-state index in [1.165, 1.54) is 0 Å². The van der Waals surface area contributed by atoms with E-state index in [9.17, 15) is 4.79 Å². The van der Waals surface area contributed by atoms with Gasteiger partial charge in [-0.25, -0.2) is 9.78 Å². The van der Waals surface area contributed by atoms with E-state index in [4.69, 9.17) is 17.5 Å². The van der Waals surface area contributed by atoms with Crippen molar-refractivity contribution in [1.82, 2.24) is 4.98 Å². The van der Waals surface area contributed by atoms with Crippen molar-refractivity contribution in [2.24, 2.45) is 0 Å². The minimum atomic E-state index is -3.16. The number of esters is 1. The lowest BCUT2D eigenvalue weighted by atomic mass is 9.89. The summed E-state index contributed by atoms with van der Waals surface area (Å²) in [5.41, 5.74) is -1.29. The summed E-state index contributed by atoms with van der Waals surface area (Å²) in [6.07, 6.45) is -0.273. The zero-order valence-electron chi connectivity index (χ0n) is 17.1. The van der Waals surface area contributed by atoms with Crippen LogP contribution in [0.2, 0.25) is 0 Å². The average molecular weight is 289 g/mol. The van der Waals surface area contributed by atoms with Gasteiger partial charge in [-0.2, -0.15) is 0 Å². The van der Waals surface area contributed by atoms with Crippen molar-refractivity contribution in [3.8, 4) is 0 Å². The summed E-state index contributed by atoms with van der Waals surface area (Å²) in [5.74, 6) is -1.26. The van der Waals surface area contributed by atoms with Crippen LogP contribution in [0.1, 0.15) is 52.6 Å². The molecule has 7 heteroatoms. The van der Waals surface area contributed by atoms with Crippen molar-refractivity contribution in [1.29, 1.82) is 0 Å². The Labute approximate surface area is 125 Å². The Morgan fingerprint density at radius 3 is 2.79 bits per heavy atom. The van der Waals surface area contributed by atoms with E-state index in [0.717, 1.165) is 11.3 Å². The number of hydrogen-bond donors (Lipinski definition) is 0. The number of aromatic nitrogens is 1. The second-order valence-electron chi connectivity index (χ2n) is 5.07. The van der Waals surface area contributed by atoms with Crippen molar-refractivity contribution < 1.29 is 27.1 Å². The van der Waals surface area contributed by atoms with Crippen LogP contribution in [0, 0.1) is 0 Å². The molecule has 5 nitrogen and oxygen atoms in total. The molecule has 0 unspecified atom stereocenters. The topological polar surface area (TPSA) is 57.7 Å². The highest BCUT2D eigenvalue weighted by Crippen LogP contribution is 2.36. The van der Waals surface area contributed by atoms with Crippen LogP contribution in [0.4, 0.5) is 0 Å². The molecular weight excluding hydrogens is 265 g/mol. The predicted octanol–water partition coefficient (Wildman–Crippen LogP) is 1.62. The third-order valence-electron chi connectivity index (χ3n) is 3.26. The van der Waals surface area contributed by atoms with Crippen LogP contribution in [-0.4, -0.2) is 35.8 Å². The van der Waals surface area contributed by atoms with Gasteiger partial charge in [0.15, 0.2) is 0 Å². The Hall–Kier alpha value is -0.915. The fourth-order valence-corrected chi connectivity index (χ4v) is 2.19. The molecule has 1 aromatic heterocycles. The smallest absolute Gasteiger partial charge is 0.461 e.